The molecule has 0 amide bonds. The van der Waals surface area contributed by atoms with Crippen LogP contribution in [-0.4, -0.2) is 53.6 Å². The smallest absolute Gasteiger partial charge is 0.176 e. The normalized spacial score (nSPS) is 14.6. The van der Waals surface area contributed by atoms with Gasteiger partial charge in [0.05, 0.1) is 6.54 Å². The number of aryl methyl sites for hydroxylation is 1. The number of hydrogen-bond acceptors (Lipinski definition) is 5. The van der Waals surface area contributed by atoms with Crippen LogP contribution in [0.2, 0.25) is 0 Å². The number of aromatic nitrogens is 2. The van der Waals surface area contributed by atoms with Crippen LogP contribution in [0.25, 0.3) is 22.0 Å². The molecule has 5 rings (SSSR count). The third-order valence-corrected chi connectivity index (χ3v) is 6.13. The first kappa shape index (κ1) is 20.3. The molecule has 160 valence electrons. The Kier molecular flexibility index (Phi) is 5.65. The summed E-state index contributed by atoms with van der Waals surface area (Å²) in [4.78, 5) is 17.2. The molecule has 1 aliphatic rings. The maximum atomic E-state index is 12.6. The molecule has 3 aromatic carbocycles. The topological polar surface area (TPSA) is 49.3 Å². The van der Waals surface area contributed by atoms with Crippen LogP contribution >= 0.6 is 0 Å². The van der Waals surface area contributed by atoms with Crippen LogP contribution in [0.15, 0.2) is 78.9 Å². The van der Waals surface area contributed by atoms with E-state index in [-0.39, 0.29) is 5.78 Å². The molecule has 4 aromatic rings. The standard InChI is InChI=1S/C27H26N4O/c1-20-11-13-21(14-12-20)25(32)19-30-15-17-31(18-16-30)27-24-10-6-5-9-23(24)26(28-29-27)22-7-3-2-4-8-22/h2-14H,15-19H2,1H3. The van der Waals surface area contributed by atoms with Gasteiger partial charge in [0.1, 0.15) is 5.69 Å². The summed E-state index contributed by atoms with van der Waals surface area (Å²) in [6, 6.07) is 26.4. The summed E-state index contributed by atoms with van der Waals surface area (Å²) in [7, 11) is 0. The third kappa shape index (κ3) is 4.12. The van der Waals surface area contributed by atoms with Gasteiger partial charge in [-0.25, -0.2) is 0 Å². The Labute approximate surface area is 188 Å². The Morgan fingerprint density at radius 2 is 1.44 bits per heavy atom. The zero-order chi connectivity index (χ0) is 21.9. The van der Waals surface area contributed by atoms with Gasteiger partial charge in [-0.3, -0.25) is 9.69 Å². The fourth-order valence-corrected chi connectivity index (χ4v) is 4.28. The van der Waals surface area contributed by atoms with E-state index < -0.39 is 0 Å². The average Bonchev–Trinajstić information content (AvgIpc) is 2.85. The molecule has 0 atom stereocenters. The first-order chi connectivity index (χ1) is 15.7. The second-order valence-corrected chi connectivity index (χ2v) is 8.34. The molecule has 32 heavy (non-hydrogen) atoms. The lowest BCUT2D eigenvalue weighted by Crippen LogP contribution is -2.48. The van der Waals surface area contributed by atoms with Crippen molar-refractivity contribution in [3.8, 4) is 11.3 Å². The summed E-state index contributed by atoms with van der Waals surface area (Å²) in [5.41, 5.74) is 3.93. The first-order valence-electron chi connectivity index (χ1n) is 11.1. The monoisotopic (exact) mass is 422 g/mol. The van der Waals surface area contributed by atoms with Crippen molar-refractivity contribution >= 4 is 22.4 Å². The number of fused-ring (bicyclic) bond motifs is 1. The zero-order valence-corrected chi connectivity index (χ0v) is 18.2. The first-order valence-corrected chi connectivity index (χ1v) is 11.1. The van der Waals surface area contributed by atoms with Crippen LogP contribution in [0.1, 0.15) is 15.9 Å². The lowest BCUT2D eigenvalue weighted by molar-refractivity contribution is 0.0926. The molecular formula is C27H26N4O. The van der Waals surface area contributed by atoms with E-state index >= 15 is 0 Å². The molecule has 5 heteroatoms. The number of anilines is 1. The van der Waals surface area contributed by atoms with Gasteiger partial charge < -0.3 is 4.90 Å². The predicted octanol–water partition coefficient (Wildman–Crippen LogP) is 4.61. The number of Topliss-reactive ketones (excluding diaryl/α,β-unsaturated/α-hetero) is 1. The van der Waals surface area contributed by atoms with Crippen molar-refractivity contribution in [3.63, 3.8) is 0 Å². The Bertz CT molecular complexity index is 1230. The van der Waals surface area contributed by atoms with E-state index in [1.54, 1.807) is 0 Å². The molecule has 0 bridgehead atoms. The summed E-state index contributed by atoms with van der Waals surface area (Å²) in [5.74, 6) is 1.10. The van der Waals surface area contributed by atoms with E-state index in [1.807, 2.05) is 49.4 Å². The number of hydrogen-bond donors (Lipinski definition) is 0. The molecule has 2 heterocycles. The Morgan fingerprint density at radius 1 is 0.781 bits per heavy atom. The van der Waals surface area contributed by atoms with Crippen molar-refractivity contribution in [2.24, 2.45) is 0 Å². The Hall–Kier alpha value is -3.57. The van der Waals surface area contributed by atoms with Gasteiger partial charge in [-0.15, -0.1) is 10.2 Å². The summed E-state index contributed by atoms with van der Waals surface area (Å²) < 4.78 is 0. The number of carbonyl (C=O) groups is 1. The molecule has 0 spiro atoms. The Morgan fingerprint density at radius 3 is 2.16 bits per heavy atom. The van der Waals surface area contributed by atoms with Crippen molar-refractivity contribution in [2.45, 2.75) is 6.92 Å². The highest BCUT2D eigenvalue weighted by Gasteiger charge is 2.23. The lowest BCUT2D eigenvalue weighted by Gasteiger charge is -2.35. The second-order valence-electron chi connectivity index (χ2n) is 8.34. The van der Waals surface area contributed by atoms with Crippen LogP contribution < -0.4 is 4.90 Å². The molecular weight excluding hydrogens is 396 g/mol. The van der Waals surface area contributed by atoms with E-state index in [0.717, 1.165) is 59.6 Å². The summed E-state index contributed by atoms with van der Waals surface area (Å²) in [6.07, 6.45) is 0. The lowest BCUT2D eigenvalue weighted by atomic mass is 10.0. The largest absolute Gasteiger partial charge is 0.352 e. The number of benzene rings is 3. The molecule has 0 radical (unpaired) electrons. The fourth-order valence-electron chi connectivity index (χ4n) is 4.28. The SMILES string of the molecule is Cc1ccc(C(=O)CN2CCN(c3nnc(-c4ccccc4)c4ccccc34)CC2)cc1. The molecule has 5 nitrogen and oxygen atoms in total. The van der Waals surface area contributed by atoms with Crippen molar-refractivity contribution in [1.82, 2.24) is 15.1 Å². The van der Waals surface area contributed by atoms with Gasteiger partial charge in [0, 0.05) is 48.1 Å². The van der Waals surface area contributed by atoms with Crippen LogP contribution in [0.5, 0.6) is 0 Å². The quantitative estimate of drug-likeness (QED) is 0.440. The van der Waals surface area contributed by atoms with E-state index in [2.05, 4.69) is 56.4 Å². The van der Waals surface area contributed by atoms with Crippen LogP contribution in [0.3, 0.4) is 0 Å². The van der Waals surface area contributed by atoms with E-state index in [1.165, 1.54) is 5.56 Å². The van der Waals surface area contributed by atoms with Gasteiger partial charge in [-0.1, -0.05) is 84.4 Å². The fraction of sp³-hybridized carbons (Fsp3) is 0.222. The second kappa shape index (κ2) is 8.89. The van der Waals surface area contributed by atoms with Crippen LogP contribution in [0, 0.1) is 6.92 Å². The van der Waals surface area contributed by atoms with Gasteiger partial charge in [0.2, 0.25) is 0 Å². The predicted molar refractivity (Wildman–Crippen MR) is 129 cm³/mol. The maximum absolute atomic E-state index is 12.6. The molecule has 1 aromatic heterocycles. The minimum Gasteiger partial charge on any atom is -0.352 e. The minimum atomic E-state index is 0.177. The highest BCUT2D eigenvalue weighted by Crippen LogP contribution is 2.31. The van der Waals surface area contributed by atoms with E-state index in [0.29, 0.717) is 6.54 Å². The molecule has 0 unspecified atom stereocenters. The summed E-state index contributed by atoms with van der Waals surface area (Å²) in [5, 5.41) is 11.5. The highest BCUT2D eigenvalue weighted by molar-refractivity contribution is 6.00. The number of rotatable bonds is 5. The molecule has 0 aliphatic carbocycles. The molecule has 1 fully saturated rings. The highest BCUT2D eigenvalue weighted by atomic mass is 16.1. The van der Waals surface area contributed by atoms with Gasteiger partial charge in [0.25, 0.3) is 0 Å². The molecule has 0 saturated carbocycles. The van der Waals surface area contributed by atoms with Gasteiger partial charge >= 0.3 is 0 Å². The van der Waals surface area contributed by atoms with Crippen molar-refractivity contribution < 1.29 is 4.79 Å². The minimum absolute atomic E-state index is 0.177. The van der Waals surface area contributed by atoms with Gasteiger partial charge in [0.15, 0.2) is 11.6 Å². The molecule has 1 aliphatic heterocycles. The number of carbonyl (C=O) groups excluding carboxylic acids is 1. The van der Waals surface area contributed by atoms with E-state index in [4.69, 9.17) is 0 Å². The Balaban J connectivity index is 1.32. The number of ketones is 1. The van der Waals surface area contributed by atoms with Gasteiger partial charge in [-0.05, 0) is 6.92 Å². The van der Waals surface area contributed by atoms with Crippen LogP contribution in [0.4, 0.5) is 5.82 Å². The van der Waals surface area contributed by atoms with E-state index in [9.17, 15) is 4.79 Å². The molecule has 1 saturated heterocycles. The summed E-state index contributed by atoms with van der Waals surface area (Å²) >= 11 is 0. The van der Waals surface area contributed by atoms with Crippen LogP contribution in [-0.2, 0) is 0 Å². The van der Waals surface area contributed by atoms with Crippen molar-refractivity contribution in [3.05, 3.63) is 90.0 Å². The van der Waals surface area contributed by atoms with Crippen molar-refractivity contribution in [1.29, 1.82) is 0 Å². The van der Waals surface area contributed by atoms with Crippen molar-refractivity contribution in [2.75, 3.05) is 37.6 Å². The maximum Gasteiger partial charge on any atom is 0.176 e. The number of piperazine rings is 1. The zero-order valence-electron chi connectivity index (χ0n) is 18.2. The summed E-state index contributed by atoms with van der Waals surface area (Å²) in [6.45, 7) is 5.79. The average molecular weight is 423 g/mol. The third-order valence-electron chi connectivity index (χ3n) is 6.13. The number of nitrogens with zero attached hydrogens (tertiary/aromatic N) is 4. The molecule has 0 N–H and O–H groups in total. The van der Waals surface area contributed by atoms with Gasteiger partial charge in [-0.2, -0.15) is 0 Å².